The number of phenolic OH excluding ortho intramolecular Hbond substituents is 2. The molecule has 2 aromatic rings. The van der Waals surface area contributed by atoms with Crippen molar-refractivity contribution in [2.75, 3.05) is 0 Å². The number of rotatable bonds is 7. The number of hydrogen-bond acceptors (Lipinski definition) is 2. The van der Waals surface area contributed by atoms with Crippen LogP contribution in [0.1, 0.15) is 107 Å². The SMILES string of the molecule is Cc1cc([C@@H](c2ccc(O)cc2)[C@H](c2ccc(O)cc2)c2cc(C)c3cc(C(C)C)ccc(C)c2-3)c2c(C)ccc(C(C)C)cc1-2. The van der Waals surface area contributed by atoms with Gasteiger partial charge in [0.25, 0.3) is 0 Å². The van der Waals surface area contributed by atoms with Gasteiger partial charge in [-0.05, 0) is 142 Å². The van der Waals surface area contributed by atoms with Crippen molar-refractivity contribution in [1.82, 2.24) is 0 Å². The number of phenols is 2. The van der Waals surface area contributed by atoms with Gasteiger partial charge in [-0.1, -0.05) is 100 Å². The van der Waals surface area contributed by atoms with Crippen LogP contribution in [-0.2, 0) is 0 Å². The Hall–Kier alpha value is -4.56. The fourth-order valence-corrected chi connectivity index (χ4v) is 7.44. The number of aryl methyl sites for hydroxylation is 4. The van der Waals surface area contributed by atoms with E-state index in [4.69, 9.17) is 0 Å². The smallest absolute Gasteiger partial charge is 0.115 e. The molecule has 2 aromatic carbocycles. The Bertz CT molecular complexity index is 1800. The molecule has 0 radical (unpaired) electrons. The minimum Gasteiger partial charge on any atom is -0.508 e. The van der Waals surface area contributed by atoms with Crippen molar-refractivity contribution >= 4 is 0 Å². The number of aromatic hydroxyl groups is 2. The normalized spacial score (nSPS) is 13.2. The molecule has 46 heavy (non-hydrogen) atoms. The number of hydrogen-bond donors (Lipinski definition) is 2. The van der Waals surface area contributed by atoms with E-state index < -0.39 is 0 Å². The first-order valence-corrected chi connectivity index (χ1v) is 16.6. The molecule has 0 spiro atoms. The minimum absolute atomic E-state index is 0.0653. The highest BCUT2D eigenvalue weighted by atomic mass is 16.3. The molecule has 0 heterocycles. The average molecular weight is 607 g/mol. The fourth-order valence-electron chi connectivity index (χ4n) is 7.44. The first-order valence-electron chi connectivity index (χ1n) is 16.6. The molecule has 4 aliphatic rings. The molecule has 2 N–H and O–H groups in total. The summed E-state index contributed by atoms with van der Waals surface area (Å²) in [4.78, 5) is 0. The van der Waals surface area contributed by atoms with Crippen LogP contribution in [0.2, 0.25) is 0 Å². The van der Waals surface area contributed by atoms with E-state index in [2.05, 4.69) is 128 Å². The lowest BCUT2D eigenvalue weighted by molar-refractivity contribution is 0.474. The van der Waals surface area contributed by atoms with Crippen molar-refractivity contribution < 1.29 is 10.2 Å². The molecule has 2 atom stereocenters. The summed E-state index contributed by atoms with van der Waals surface area (Å²) in [5.41, 5.74) is 17.7. The predicted molar refractivity (Wildman–Crippen MR) is 193 cm³/mol. The minimum atomic E-state index is -0.0653. The Labute approximate surface area is 275 Å². The zero-order valence-electron chi connectivity index (χ0n) is 28.4. The van der Waals surface area contributed by atoms with E-state index in [0.717, 1.165) is 11.1 Å². The standard InChI is InChI=1S/C44H46O2/c1-25(2)33-11-9-27(5)41-37(23-33)29(7)21-39(41)43(31-13-17-35(45)18-14-31)44(32-15-19-36(46)20-16-32)40-22-30(8)38-24-34(26(3)4)12-10-28(6)42(38)40/h9-26,43-46H,1-8H3/t43-,44-/m1/s1. The molecule has 0 fully saturated rings. The average Bonchev–Trinajstić information content (AvgIpc) is 3.35. The van der Waals surface area contributed by atoms with Crippen molar-refractivity contribution in [3.05, 3.63) is 153 Å². The zero-order valence-corrected chi connectivity index (χ0v) is 28.4. The summed E-state index contributed by atoms with van der Waals surface area (Å²) in [5, 5.41) is 20.8. The van der Waals surface area contributed by atoms with Gasteiger partial charge >= 0.3 is 0 Å². The van der Waals surface area contributed by atoms with Crippen LogP contribution >= 0.6 is 0 Å². The first kappa shape index (κ1) is 31.4. The lowest BCUT2D eigenvalue weighted by Gasteiger charge is -2.30. The largest absolute Gasteiger partial charge is 0.508 e. The Morgan fingerprint density at radius 3 is 1.04 bits per heavy atom. The van der Waals surface area contributed by atoms with Gasteiger partial charge in [-0.15, -0.1) is 0 Å². The van der Waals surface area contributed by atoms with Crippen molar-refractivity contribution in [2.45, 2.75) is 79.1 Å². The van der Waals surface area contributed by atoms with Crippen LogP contribution in [-0.4, -0.2) is 10.2 Å². The Balaban J connectivity index is 1.71. The van der Waals surface area contributed by atoms with E-state index in [9.17, 15) is 10.2 Å². The second kappa shape index (κ2) is 12.3. The van der Waals surface area contributed by atoms with Crippen LogP contribution < -0.4 is 0 Å². The molecule has 0 aliphatic heterocycles. The van der Waals surface area contributed by atoms with Crippen molar-refractivity contribution in [2.24, 2.45) is 0 Å². The first-order chi connectivity index (χ1) is 21.9. The zero-order chi connectivity index (χ0) is 32.9. The van der Waals surface area contributed by atoms with Crippen LogP contribution in [0.25, 0.3) is 22.3 Å². The van der Waals surface area contributed by atoms with Crippen LogP contribution in [0, 0.1) is 27.7 Å². The molecule has 4 aliphatic carbocycles. The predicted octanol–water partition coefficient (Wildman–Crippen LogP) is 11.8. The van der Waals surface area contributed by atoms with Crippen LogP contribution in [0.5, 0.6) is 11.5 Å². The van der Waals surface area contributed by atoms with Crippen LogP contribution in [0.3, 0.4) is 0 Å². The third-order valence-electron chi connectivity index (χ3n) is 10.0. The van der Waals surface area contributed by atoms with Gasteiger partial charge in [-0.25, -0.2) is 0 Å². The summed E-state index contributed by atoms with van der Waals surface area (Å²) < 4.78 is 0. The van der Waals surface area contributed by atoms with Gasteiger partial charge in [0, 0.05) is 11.8 Å². The maximum atomic E-state index is 10.4. The Kier molecular flexibility index (Phi) is 8.42. The summed E-state index contributed by atoms with van der Waals surface area (Å²) in [6.07, 6.45) is 0. The highest BCUT2D eigenvalue weighted by Crippen LogP contribution is 2.53. The number of fused-ring (bicyclic) bond motifs is 2. The molecule has 2 nitrogen and oxygen atoms in total. The van der Waals surface area contributed by atoms with E-state index in [1.807, 2.05) is 24.3 Å². The highest BCUT2D eigenvalue weighted by Gasteiger charge is 2.35. The summed E-state index contributed by atoms with van der Waals surface area (Å²) in [6.45, 7) is 18.0. The van der Waals surface area contributed by atoms with E-state index in [0.29, 0.717) is 11.8 Å². The van der Waals surface area contributed by atoms with E-state index in [1.54, 1.807) is 0 Å². The lowest BCUT2D eigenvalue weighted by atomic mass is 9.72. The van der Waals surface area contributed by atoms with E-state index >= 15 is 0 Å². The third kappa shape index (κ3) is 5.66. The molecule has 0 aromatic heterocycles. The molecule has 0 amide bonds. The van der Waals surface area contributed by atoms with Crippen molar-refractivity contribution in [3.63, 3.8) is 0 Å². The maximum absolute atomic E-state index is 10.4. The number of benzene rings is 2. The molecule has 0 saturated heterocycles. The van der Waals surface area contributed by atoms with Crippen molar-refractivity contribution in [1.29, 1.82) is 0 Å². The monoisotopic (exact) mass is 606 g/mol. The molecule has 0 saturated carbocycles. The molecular weight excluding hydrogens is 560 g/mol. The molecule has 0 unspecified atom stereocenters. The van der Waals surface area contributed by atoms with Gasteiger partial charge < -0.3 is 10.2 Å². The molecular formula is C44H46O2. The summed E-state index contributed by atoms with van der Waals surface area (Å²) in [7, 11) is 0. The quantitative estimate of drug-likeness (QED) is 0.190. The summed E-state index contributed by atoms with van der Waals surface area (Å²) in [5.74, 6) is 1.23. The second-order valence-corrected chi connectivity index (χ2v) is 13.9. The second-order valence-electron chi connectivity index (χ2n) is 13.9. The van der Waals surface area contributed by atoms with E-state index in [-0.39, 0.29) is 23.3 Å². The summed E-state index contributed by atoms with van der Waals surface area (Å²) in [6, 6.07) is 34.3. The van der Waals surface area contributed by atoms with Crippen LogP contribution in [0.4, 0.5) is 0 Å². The van der Waals surface area contributed by atoms with Gasteiger partial charge in [0.15, 0.2) is 0 Å². The molecule has 2 heteroatoms. The van der Waals surface area contributed by atoms with Gasteiger partial charge in [0.1, 0.15) is 11.5 Å². The lowest BCUT2D eigenvalue weighted by Crippen LogP contribution is -2.15. The van der Waals surface area contributed by atoms with Crippen molar-refractivity contribution in [3.8, 4) is 33.8 Å². The molecule has 6 rings (SSSR count). The topological polar surface area (TPSA) is 40.5 Å². The Morgan fingerprint density at radius 1 is 0.391 bits per heavy atom. The van der Waals surface area contributed by atoms with Gasteiger partial charge in [-0.3, -0.25) is 0 Å². The molecule has 234 valence electrons. The highest BCUT2D eigenvalue weighted by molar-refractivity contribution is 5.82. The van der Waals surface area contributed by atoms with Gasteiger partial charge in [0.2, 0.25) is 0 Å². The summed E-state index contributed by atoms with van der Waals surface area (Å²) >= 11 is 0. The molecule has 0 bridgehead atoms. The Morgan fingerprint density at radius 2 is 0.717 bits per heavy atom. The van der Waals surface area contributed by atoms with Gasteiger partial charge in [0.05, 0.1) is 0 Å². The van der Waals surface area contributed by atoms with Crippen LogP contribution in [0.15, 0.2) is 97.1 Å². The fraction of sp³-hybridized carbons (Fsp3) is 0.273. The maximum Gasteiger partial charge on any atom is 0.115 e. The van der Waals surface area contributed by atoms with E-state index in [1.165, 1.54) is 66.8 Å². The van der Waals surface area contributed by atoms with Gasteiger partial charge in [-0.2, -0.15) is 0 Å². The third-order valence-corrected chi connectivity index (χ3v) is 10.0.